The fraction of sp³-hybridized carbons (Fsp3) is 0.462. The van der Waals surface area contributed by atoms with E-state index in [0.29, 0.717) is 12.1 Å². The van der Waals surface area contributed by atoms with Gasteiger partial charge in [-0.05, 0) is 37.5 Å². The van der Waals surface area contributed by atoms with Crippen molar-refractivity contribution in [3.63, 3.8) is 0 Å². The Morgan fingerprint density at radius 1 is 1.37 bits per heavy atom. The number of carbonyl (C=O) groups excluding carboxylic acids is 1. The first-order chi connectivity index (χ1) is 9.03. The van der Waals surface area contributed by atoms with Gasteiger partial charge >= 0.3 is 0 Å². The first kappa shape index (κ1) is 14.0. The summed E-state index contributed by atoms with van der Waals surface area (Å²) in [4.78, 5) is 12.0. The lowest BCUT2D eigenvalue weighted by Crippen LogP contribution is -2.27. The molecule has 2 N–H and O–H groups in total. The van der Waals surface area contributed by atoms with E-state index in [0.717, 1.165) is 19.3 Å². The molecule has 0 aromatic heterocycles. The van der Waals surface area contributed by atoms with Gasteiger partial charge in [-0.15, -0.1) is 0 Å². The van der Waals surface area contributed by atoms with Crippen LogP contribution in [0.25, 0.3) is 0 Å². The summed E-state index contributed by atoms with van der Waals surface area (Å²) in [6.07, 6.45) is 2.73. The number of amides is 1. The fourth-order valence-electron chi connectivity index (χ4n) is 1.62. The van der Waals surface area contributed by atoms with E-state index in [4.69, 9.17) is 0 Å². The zero-order valence-electron chi connectivity index (χ0n) is 10.8. The molecule has 1 aliphatic carbocycles. The highest BCUT2D eigenvalue weighted by atomic mass is 32.2. The second-order valence-corrected chi connectivity index (χ2v) is 6.44. The van der Waals surface area contributed by atoms with Gasteiger partial charge < -0.3 is 5.32 Å². The second-order valence-electron chi connectivity index (χ2n) is 4.67. The lowest BCUT2D eigenvalue weighted by molar-refractivity contribution is 0.0951. The van der Waals surface area contributed by atoms with Crippen molar-refractivity contribution in [2.45, 2.75) is 37.1 Å². The fourth-order valence-corrected chi connectivity index (χ4v) is 2.80. The van der Waals surface area contributed by atoms with Crippen molar-refractivity contribution in [1.29, 1.82) is 0 Å². The third kappa shape index (κ3) is 3.78. The van der Waals surface area contributed by atoms with Crippen LogP contribution in [0.15, 0.2) is 29.2 Å². The van der Waals surface area contributed by atoms with Gasteiger partial charge in [-0.2, -0.15) is 0 Å². The monoisotopic (exact) mass is 282 g/mol. The molecular weight excluding hydrogens is 264 g/mol. The van der Waals surface area contributed by atoms with Gasteiger partial charge in [0.05, 0.1) is 4.90 Å². The molecule has 2 rings (SSSR count). The van der Waals surface area contributed by atoms with Crippen LogP contribution in [0, 0.1) is 0 Å². The molecule has 5 nitrogen and oxygen atoms in total. The minimum atomic E-state index is -3.52. The number of hydrogen-bond donors (Lipinski definition) is 2. The molecule has 1 saturated carbocycles. The van der Waals surface area contributed by atoms with Crippen molar-refractivity contribution in [2.24, 2.45) is 0 Å². The van der Waals surface area contributed by atoms with Gasteiger partial charge in [-0.1, -0.05) is 13.0 Å². The Hall–Kier alpha value is -1.40. The van der Waals surface area contributed by atoms with Gasteiger partial charge in [-0.3, -0.25) is 4.79 Å². The minimum absolute atomic E-state index is 0.129. The summed E-state index contributed by atoms with van der Waals surface area (Å²) in [6.45, 7) is 2.28. The normalized spacial score (nSPS) is 15.2. The van der Waals surface area contributed by atoms with Gasteiger partial charge in [0.1, 0.15) is 0 Å². The van der Waals surface area contributed by atoms with Crippen LogP contribution in [-0.4, -0.2) is 26.9 Å². The van der Waals surface area contributed by atoms with E-state index in [2.05, 4.69) is 10.0 Å². The lowest BCUT2D eigenvalue weighted by Gasteiger charge is -2.08. The second kappa shape index (κ2) is 5.71. The van der Waals surface area contributed by atoms with E-state index in [9.17, 15) is 13.2 Å². The highest BCUT2D eigenvalue weighted by Crippen LogP contribution is 2.20. The van der Waals surface area contributed by atoms with E-state index in [1.807, 2.05) is 6.92 Å². The summed E-state index contributed by atoms with van der Waals surface area (Å²) >= 11 is 0. The predicted molar refractivity (Wildman–Crippen MR) is 72.4 cm³/mol. The number of rotatable bonds is 6. The zero-order valence-corrected chi connectivity index (χ0v) is 11.7. The van der Waals surface area contributed by atoms with E-state index in [1.54, 1.807) is 12.1 Å². The molecule has 104 valence electrons. The molecule has 1 fully saturated rings. The average Bonchev–Trinajstić information content (AvgIpc) is 3.20. The van der Waals surface area contributed by atoms with E-state index < -0.39 is 10.0 Å². The summed E-state index contributed by atoms with van der Waals surface area (Å²) in [6, 6.07) is 6.37. The van der Waals surface area contributed by atoms with Gasteiger partial charge in [0, 0.05) is 18.2 Å². The van der Waals surface area contributed by atoms with Crippen molar-refractivity contribution in [2.75, 3.05) is 6.54 Å². The lowest BCUT2D eigenvalue weighted by atomic mass is 10.2. The Balaban J connectivity index is 2.15. The molecule has 0 saturated heterocycles. The van der Waals surface area contributed by atoms with Crippen LogP contribution < -0.4 is 10.0 Å². The summed E-state index contributed by atoms with van der Waals surface area (Å²) < 4.78 is 26.4. The van der Waals surface area contributed by atoms with Crippen LogP contribution in [0.4, 0.5) is 0 Å². The summed E-state index contributed by atoms with van der Waals surface area (Å²) in [5.41, 5.74) is 0.381. The van der Waals surface area contributed by atoms with E-state index in [-0.39, 0.29) is 16.8 Å². The van der Waals surface area contributed by atoms with Gasteiger partial charge in [-0.25, -0.2) is 13.1 Å². The number of sulfonamides is 1. The maximum Gasteiger partial charge on any atom is 0.251 e. The zero-order chi connectivity index (χ0) is 13.9. The van der Waals surface area contributed by atoms with Gasteiger partial charge in [0.15, 0.2) is 0 Å². The van der Waals surface area contributed by atoms with Crippen LogP contribution >= 0.6 is 0 Å². The summed E-state index contributed by atoms with van der Waals surface area (Å²) in [7, 11) is -3.52. The van der Waals surface area contributed by atoms with Crippen LogP contribution in [0.1, 0.15) is 36.5 Å². The number of benzene rings is 1. The Bertz CT molecular complexity index is 565. The topological polar surface area (TPSA) is 75.3 Å². The highest BCUT2D eigenvalue weighted by molar-refractivity contribution is 7.89. The first-order valence-corrected chi connectivity index (χ1v) is 7.92. The number of nitrogens with one attached hydrogen (secondary N) is 2. The standard InChI is InChI=1S/C13H18N2O3S/c1-2-8-14-19(17,18)12-5-3-4-10(9-12)13(16)15-11-6-7-11/h3-5,9,11,14H,2,6-8H2,1H3,(H,15,16). The van der Waals surface area contributed by atoms with E-state index in [1.165, 1.54) is 12.1 Å². The largest absolute Gasteiger partial charge is 0.349 e. The molecular formula is C13H18N2O3S. The quantitative estimate of drug-likeness (QED) is 0.825. The molecule has 1 amide bonds. The van der Waals surface area contributed by atoms with Crippen LogP contribution in [0.2, 0.25) is 0 Å². The Kier molecular flexibility index (Phi) is 4.21. The molecule has 0 bridgehead atoms. The third-order valence-electron chi connectivity index (χ3n) is 2.86. The molecule has 1 aromatic carbocycles. The molecule has 19 heavy (non-hydrogen) atoms. The SMILES string of the molecule is CCCNS(=O)(=O)c1cccc(C(=O)NC2CC2)c1. The summed E-state index contributed by atoms with van der Waals surface area (Å²) in [5.74, 6) is -0.213. The molecule has 0 spiro atoms. The molecule has 0 radical (unpaired) electrons. The van der Waals surface area contributed by atoms with E-state index >= 15 is 0 Å². The molecule has 6 heteroatoms. The number of hydrogen-bond acceptors (Lipinski definition) is 3. The third-order valence-corrected chi connectivity index (χ3v) is 4.32. The van der Waals surface area contributed by atoms with Crippen molar-refractivity contribution in [3.05, 3.63) is 29.8 Å². The maximum absolute atomic E-state index is 12.0. The average molecular weight is 282 g/mol. The molecule has 0 aliphatic heterocycles. The van der Waals surface area contributed by atoms with Gasteiger partial charge in [0.2, 0.25) is 10.0 Å². The predicted octanol–water partition coefficient (Wildman–Crippen LogP) is 1.27. The minimum Gasteiger partial charge on any atom is -0.349 e. The molecule has 1 aromatic rings. The number of carbonyl (C=O) groups is 1. The maximum atomic E-state index is 12.0. The smallest absolute Gasteiger partial charge is 0.251 e. The van der Waals surface area contributed by atoms with Crippen molar-refractivity contribution >= 4 is 15.9 Å². The Morgan fingerprint density at radius 3 is 2.74 bits per heavy atom. The molecule has 0 atom stereocenters. The highest BCUT2D eigenvalue weighted by Gasteiger charge is 2.24. The molecule has 0 heterocycles. The van der Waals surface area contributed by atoms with Gasteiger partial charge in [0.25, 0.3) is 5.91 Å². The van der Waals surface area contributed by atoms with Crippen molar-refractivity contribution < 1.29 is 13.2 Å². The Morgan fingerprint density at radius 2 is 2.11 bits per heavy atom. The first-order valence-electron chi connectivity index (χ1n) is 6.43. The summed E-state index contributed by atoms with van der Waals surface area (Å²) in [5, 5.41) is 2.84. The van der Waals surface area contributed by atoms with Crippen LogP contribution in [0.5, 0.6) is 0 Å². The molecule has 0 unspecified atom stereocenters. The van der Waals surface area contributed by atoms with Crippen molar-refractivity contribution in [1.82, 2.24) is 10.0 Å². The van der Waals surface area contributed by atoms with Crippen molar-refractivity contribution in [3.8, 4) is 0 Å². The van der Waals surface area contributed by atoms with Crippen LogP contribution in [-0.2, 0) is 10.0 Å². The Labute approximate surface area is 113 Å². The molecule has 1 aliphatic rings. The van der Waals surface area contributed by atoms with Crippen LogP contribution in [0.3, 0.4) is 0 Å².